The van der Waals surface area contributed by atoms with Gasteiger partial charge in [-0.2, -0.15) is 0 Å². The fraction of sp³-hybridized carbons (Fsp3) is 0.857. The van der Waals surface area contributed by atoms with Crippen LogP contribution in [0, 0.1) is 0 Å². The highest BCUT2D eigenvalue weighted by atomic mass is 16.5. The van der Waals surface area contributed by atoms with E-state index in [0.717, 1.165) is 38.4 Å². The molecule has 0 aromatic carbocycles. The molecule has 0 spiro atoms. The van der Waals surface area contributed by atoms with Crippen LogP contribution in [0.2, 0.25) is 0 Å². The van der Waals surface area contributed by atoms with Crippen LogP contribution in [0.1, 0.15) is 31.9 Å². The van der Waals surface area contributed by atoms with Crippen molar-refractivity contribution in [1.29, 1.82) is 0 Å². The van der Waals surface area contributed by atoms with E-state index in [1.807, 2.05) is 10.9 Å². The van der Waals surface area contributed by atoms with Crippen LogP contribution in [0.4, 0.5) is 0 Å². The van der Waals surface area contributed by atoms with Crippen LogP contribution in [0.25, 0.3) is 0 Å². The number of likely N-dealkylation sites (tertiary alicyclic amines) is 1. The highest BCUT2D eigenvalue weighted by molar-refractivity contribution is 4.91. The fourth-order valence-corrected chi connectivity index (χ4v) is 2.61. The molecule has 2 rings (SSSR count). The van der Waals surface area contributed by atoms with Gasteiger partial charge in [-0.15, -0.1) is 5.10 Å². The van der Waals surface area contributed by atoms with E-state index in [2.05, 4.69) is 34.5 Å². The Hall–Kier alpha value is -0.980. The van der Waals surface area contributed by atoms with Gasteiger partial charge in [-0.25, -0.2) is 4.68 Å². The van der Waals surface area contributed by atoms with Gasteiger partial charge in [-0.05, 0) is 39.4 Å². The summed E-state index contributed by atoms with van der Waals surface area (Å²) in [5, 5.41) is 11.4. The molecule has 0 radical (unpaired) electrons. The molecule has 1 atom stereocenters. The molecule has 1 aromatic heterocycles. The maximum absolute atomic E-state index is 5.71. The van der Waals surface area contributed by atoms with Crippen molar-refractivity contribution in [3.8, 4) is 0 Å². The summed E-state index contributed by atoms with van der Waals surface area (Å²) in [6, 6.07) is 0.716. The molecule has 0 bridgehead atoms. The lowest BCUT2D eigenvalue weighted by molar-refractivity contribution is 0.105. The van der Waals surface area contributed by atoms with Gasteiger partial charge in [0, 0.05) is 25.4 Å². The summed E-state index contributed by atoms with van der Waals surface area (Å²) >= 11 is 0. The van der Waals surface area contributed by atoms with Gasteiger partial charge < -0.3 is 15.0 Å². The first-order valence-electron chi connectivity index (χ1n) is 7.67. The van der Waals surface area contributed by atoms with Crippen molar-refractivity contribution in [2.45, 2.75) is 45.3 Å². The maximum Gasteiger partial charge on any atom is 0.0964 e. The van der Waals surface area contributed by atoms with E-state index in [1.54, 1.807) is 0 Å². The van der Waals surface area contributed by atoms with Gasteiger partial charge in [0.25, 0.3) is 0 Å². The Kier molecular flexibility index (Phi) is 6.42. The van der Waals surface area contributed by atoms with Crippen LogP contribution in [-0.2, 0) is 17.8 Å². The molecule has 1 aromatic rings. The smallest absolute Gasteiger partial charge is 0.0964 e. The van der Waals surface area contributed by atoms with E-state index in [0.29, 0.717) is 12.6 Å². The summed E-state index contributed by atoms with van der Waals surface area (Å²) in [5.74, 6) is 0. The Morgan fingerprint density at radius 1 is 1.45 bits per heavy atom. The summed E-state index contributed by atoms with van der Waals surface area (Å²) in [5.41, 5.74) is 0.986. The molecule has 1 aliphatic rings. The van der Waals surface area contributed by atoms with Crippen LogP contribution >= 0.6 is 0 Å². The zero-order chi connectivity index (χ0) is 14.2. The van der Waals surface area contributed by atoms with E-state index in [-0.39, 0.29) is 0 Å². The van der Waals surface area contributed by atoms with Gasteiger partial charge in [-0.3, -0.25) is 0 Å². The maximum atomic E-state index is 5.71. The van der Waals surface area contributed by atoms with Crippen molar-refractivity contribution < 1.29 is 4.74 Å². The minimum Gasteiger partial charge on any atom is -0.379 e. The van der Waals surface area contributed by atoms with Crippen LogP contribution in [0.3, 0.4) is 0 Å². The summed E-state index contributed by atoms with van der Waals surface area (Å²) in [7, 11) is 2.21. The summed E-state index contributed by atoms with van der Waals surface area (Å²) in [6.45, 7) is 7.38. The highest BCUT2D eigenvalue weighted by Crippen LogP contribution is 2.17. The average Bonchev–Trinajstić information content (AvgIpc) is 3.06. The molecule has 6 nitrogen and oxygen atoms in total. The molecular weight excluding hydrogens is 254 g/mol. The van der Waals surface area contributed by atoms with Crippen molar-refractivity contribution in [2.24, 2.45) is 0 Å². The molecule has 1 unspecified atom stereocenters. The number of ether oxygens (including phenoxy) is 1. The van der Waals surface area contributed by atoms with Gasteiger partial charge in [0.15, 0.2) is 0 Å². The van der Waals surface area contributed by atoms with E-state index < -0.39 is 0 Å². The molecular formula is C14H27N5O. The second-order valence-corrected chi connectivity index (χ2v) is 5.43. The SMILES string of the molecule is CCNCc1cn(CCOCCC2CCCN2C)nn1. The monoisotopic (exact) mass is 281 g/mol. The summed E-state index contributed by atoms with van der Waals surface area (Å²) in [6.07, 6.45) is 5.77. The molecule has 2 heterocycles. The van der Waals surface area contributed by atoms with E-state index >= 15 is 0 Å². The zero-order valence-electron chi connectivity index (χ0n) is 12.7. The van der Waals surface area contributed by atoms with E-state index in [9.17, 15) is 0 Å². The molecule has 114 valence electrons. The van der Waals surface area contributed by atoms with Crippen molar-refractivity contribution >= 4 is 0 Å². The molecule has 6 heteroatoms. The first-order chi connectivity index (χ1) is 9.79. The number of nitrogens with zero attached hydrogens (tertiary/aromatic N) is 4. The van der Waals surface area contributed by atoms with Crippen LogP contribution in [0.15, 0.2) is 6.20 Å². The lowest BCUT2D eigenvalue weighted by atomic mass is 10.1. The molecule has 0 saturated carbocycles. The quantitative estimate of drug-likeness (QED) is 0.681. The number of hydrogen-bond acceptors (Lipinski definition) is 5. The lowest BCUT2D eigenvalue weighted by Gasteiger charge is -2.18. The number of rotatable bonds is 9. The Bertz CT molecular complexity index is 381. The summed E-state index contributed by atoms with van der Waals surface area (Å²) < 4.78 is 7.56. The standard InChI is InChI=1S/C14H27N5O/c1-3-15-11-13-12-19(17-16-13)8-10-20-9-6-14-5-4-7-18(14)2/h12,14-15H,3-11H2,1-2H3. The third-order valence-electron chi connectivity index (χ3n) is 3.87. The molecule has 1 fully saturated rings. The third-order valence-corrected chi connectivity index (χ3v) is 3.87. The average molecular weight is 281 g/mol. The van der Waals surface area contributed by atoms with Crippen molar-refractivity contribution in [2.75, 3.05) is 33.4 Å². The first-order valence-corrected chi connectivity index (χ1v) is 7.67. The van der Waals surface area contributed by atoms with Crippen molar-refractivity contribution in [3.05, 3.63) is 11.9 Å². The minimum atomic E-state index is 0.709. The van der Waals surface area contributed by atoms with Gasteiger partial charge >= 0.3 is 0 Å². The Labute approximate surface area is 121 Å². The number of hydrogen-bond donors (Lipinski definition) is 1. The second kappa shape index (κ2) is 8.34. The molecule has 0 aliphatic carbocycles. The molecule has 1 aliphatic heterocycles. The second-order valence-electron chi connectivity index (χ2n) is 5.43. The van der Waals surface area contributed by atoms with E-state index in [1.165, 1.54) is 19.4 Å². The van der Waals surface area contributed by atoms with Crippen molar-refractivity contribution in [1.82, 2.24) is 25.2 Å². The van der Waals surface area contributed by atoms with Gasteiger partial charge in [0.05, 0.1) is 18.8 Å². The molecule has 20 heavy (non-hydrogen) atoms. The zero-order valence-corrected chi connectivity index (χ0v) is 12.7. The minimum absolute atomic E-state index is 0.709. The van der Waals surface area contributed by atoms with Crippen molar-refractivity contribution in [3.63, 3.8) is 0 Å². The molecule has 1 saturated heterocycles. The first kappa shape index (κ1) is 15.4. The molecule has 0 amide bonds. The number of aromatic nitrogens is 3. The Balaban J connectivity index is 1.55. The van der Waals surface area contributed by atoms with Crippen LogP contribution in [-0.4, -0.2) is 59.3 Å². The Morgan fingerprint density at radius 3 is 3.10 bits per heavy atom. The summed E-state index contributed by atoms with van der Waals surface area (Å²) in [4.78, 5) is 2.44. The fourth-order valence-electron chi connectivity index (χ4n) is 2.61. The Morgan fingerprint density at radius 2 is 2.35 bits per heavy atom. The predicted octanol–water partition coefficient (Wildman–Crippen LogP) is 0.889. The van der Waals surface area contributed by atoms with E-state index in [4.69, 9.17) is 4.74 Å². The normalized spacial score (nSPS) is 19.8. The van der Waals surface area contributed by atoms with Gasteiger partial charge in [0.1, 0.15) is 0 Å². The van der Waals surface area contributed by atoms with Gasteiger partial charge in [-0.1, -0.05) is 12.1 Å². The topological polar surface area (TPSA) is 55.2 Å². The third kappa shape index (κ3) is 4.85. The largest absolute Gasteiger partial charge is 0.379 e. The van der Waals surface area contributed by atoms with Gasteiger partial charge in [0.2, 0.25) is 0 Å². The van der Waals surface area contributed by atoms with Crippen LogP contribution in [0.5, 0.6) is 0 Å². The highest BCUT2D eigenvalue weighted by Gasteiger charge is 2.19. The number of nitrogens with one attached hydrogen (secondary N) is 1. The lowest BCUT2D eigenvalue weighted by Crippen LogP contribution is -2.26. The molecule has 1 N–H and O–H groups in total. The predicted molar refractivity (Wildman–Crippen MR) is 78.5 cm³/mol. The van der Waals surface area contributed by atoms with Crippen LogP contribution < -0.4 is 5.32 Å².